The summed E-state index contributed by atoms with van der Waals surface area (Å²) in [5, 5.41) is 23.6. The Hall–Kier alpha value is -1.84. The molecule has 15 heteroatoms. The second-order valence-electron chi connectivity index (χ2n) is 21.7. The predicted octanol–water partition coefficient (Wildman–Crippen LogP) is 8.63. The van der Waals surface area contributed by atoms with Gasteiger partial charge < -0.3 is 51.9 Å². The number of hydrogen-bond donors (Lipinski definition) is 2. The third-order valence-electron chi connectivity index (χ3n) is 13.9. The summed E-state index contributed by atoms with van der Waals surface area (Å²) in [6.45, 7) is 33.9. The molecule has 2 aliphatic heterocycles. The number of esters is 1. The van der Waals surface area contributed by atoms with Crippen LogP contribution in [0.5, 0.6) is 0 Å². The molecule has 0 radical (unpaired) electrons. The molecule has 3 fully saturated rings. The number of ether oxygens (including phenoxy) is 6. The Morgan fingerprint density at radius 1 is 0.639 bits per heavy atom. The van der Waals surface area contributed by atoms with Crippen molar-refractivity contribution in [2.45, 2.75) is 204 Å². The van der Waals surface area contributed by atoms with E-state index in [4.69, 9.17) is 41.7 Å². The minimum atomic E-state index is -2.67. The van der Waals surface area contributed by atoms with E-state index in [2.05, 4.69) is 102 Å². The van der Waals surface area contributed by atoms with Crippen molar-refractivity contribution in [3.8, 4) is 0 Å². The molecule has 2 aromatic rings. The van der Waals surface area contributed by atoms with E-state index in [1.165, 1.54) is 6.92 Å². The number of carbonyl (C=O) groups excluding carboxylic acids is 1. The Balaban J connectivity index is 1.65. The second kappa shape index (κ2) is 18.9. The topological polar surface area (TPSA) is 141 Å². The molecule has 0 aromatic heterocycles. The maximum absolute atomic E-state index is 12.7. The number of aliphatic hydroxyl groups excluding tert-OH is 2. The molecule has 2 heterocycles. The van der Waals surface area contributed by atoms with Crippen LogP contribution in [-0.4, -0.2) is 115 Å². The van der Waals surface area contributed by atoms with Gasteiger partial charge in [-0.15, -0.1) is 0 Å². The third-order valence-corrected chi connectivity index (χ3v) is 27.4. The van der Waals surface area contributed by atoms with Crippen LogP contribution in [0.4, 0.5) is 0 Å². The lowest BCUT2D eigenvalue weighted by Gasteiger charge is -2.55. The molecule has 344 valence electrons. The number of benzene rings is 2. The Morgan fingerprint density at radius 3 is 1.62 bits per heavy atom. The lowest BCUT2D eigenvalue weighted by molar-refractivity contribution is -0.375. The smallest absolute Gasteiger partial charge is 0.303 e. The molecule has 2 aromatic carbocycles. The quantitative estimate of drug-likeness (QED) is 0.147. The van der Waals surface area contributed by atoms with Crippen LogP contribution in [-0.2, 0) is 53.1 Å². The highest BCUT2D eigenvalue weighted by molar-refractivity contribution is 6.75. The molecule has 1 aliphatic carbocycles. The minimum absolute atomic E-state index is 0.123. The lowest BCUT2D eigenvalue weighted by atomic mass is 9.84. The number of hydrogen-bond acceptors (Lipinski definition) is 12. The van der Waals surface area contributed by atoms with Crippen LogP contribution in [0.3, 0.4) is 0 Å². The van der Waals surface area contributed by atoms with Crippen LogP contribution in [0.25, 0.3) is 0 Å². The Bertz CT molecular complexity index is 1720. The van der Waals surface area contributed by atoms with E-state index < -0.39 is 105 Å². The van der Waals surface area contributed by atoms with Gasteiger partial charge in [0.1, 0.15) is 54.9 Å². The zero-order chi connectivity index (χ0) is 45.5. The van der Waals surface area contributed by atoms with E-state index in [1.807, 2.05) is 60.7 Å². The highest BCUT2D eigenvalue weighted by Crippen LogP contribution is 2.47. The normalized spacial score (nSPS) is 32.0. The van der Waals surface area contributed by atoms with Gasteiger partial charge in [0.15, 0.2) is 43.6 Å². The first kappa shape index (κ1) is 50.2. The fourth-order valence-corrected chi connectivity index (χ4v) is 11.0. The van der Waals surface area contributed by atoms with Crippen LogP contribution in [0, 0.1) is 0 Å². The average molecular weight is 905 g/mol. The summed E-state index contributed by atoms with van der Waals surface area (Å²) in [5.41, 5.74) is 1.75. The van der Waals surface area contributed by atoms with Gasteiger partial charge in [0, 0.05) is 12.5 Å². The third kappa shape index (κ3) is 11.5. The molecule has 12 nitrogen and oxygen atoms in total. The first-order valence-electron chi connectivity index (χ1n) is 21.9. The van der Waals surface area contributed by atoms with Gasteiger partial charge in [-0.25, -0.2) is 0 Å². The van der Waals surface area contributed by atoms with E-state index in [1.54, 1.807) is 0 Å². The van der Waals surface area contributed by atoms with Crippen molar-refractivity contribution in [3.05, 3.63) is 71.8 Å². The summed E-state index contributed by atoms with van der Waals surface area (Å²) in [6.07, 6.45) is -12.4. The number of rotatable bonds is 13. The van der Waals surface area contributed by atoms with Gasteiger partial charge in [0.25, 0.3) is 0 Å². The van der Waals surface area contributed by atoms with Crippen LogP contribution in [0.2, 0.25) is 54.4 Å². The number of fused-ring (bicyclic) bond motifs is 1. The number of carbonyl (C=O) groups is 1. The standard InChI is InChI=1S/C46H76O12Si3/c1-29(47)52-37-34(49)33(48)36(38(50-27-30-23-19-17-20-24-30)40(37)57-60(13,14)45(5,6)7)55-43-41(58-61(15,16)46(8,9)10)39(56-59(11,12)44(2,3)4)35-32(53-43)28-51-42(54-35)31-25-21-18-22-26-31/h17-26,32-43,48-49H,27-28H2,1-16H3/t32-,33+,34-,35-,36-,37-,38+,39+,40+,41-,42-,43+/m1/s1. The molecule has 0 amide bonds. The summed E-state index contributed by atoms with van der Waals surface area (Å²) in [4.78, 5) is 12.7. The van der Waals surface area contributed by atoms with Crippen LogP contribution < -0.4 is 0 Å². The van der Waals surface area contributed by atoms with Gasteiger partial charge in [0.2, 0.25) is 0 Å². The van der Waals surface area contributed by atoms with Crippen molar-refractivity contribution in [1.82, 2.24) is 0 Å². The molecule has 1 saturated carbocycles. The van der Waals surface area contributed by atoms with Crippen molar-refractivity contribution >= 4 is 30.9 Å². The molecule has 0 bridgehead atoms. The molecular weight excluding hydrogens is 829 g/mol. The van der Waals surface area contributed by atoms with E-state index >= 15 is 0 Å². The number of aliphatic hydroxyl groups is 2. The highest BCUT2D eigenvalue weighted by Gasteiger charge is 2.61. The Kier molecular flexibility index (Phi) is 15.6. The van der Waals surface area contributed by atoms with Crippen molar-refractivity contribution < 1.29 is 56.7 Å². The molecule has 0 unspecified atom stereocenters. The van der Waals surface area contributed by atoms with Gasteiger partial charge in [-0.05, 0) is 60.0 Å². The molecule has 12 atom stereocenters. The van der Waals surface area contributed by atoms with Crippen LogP contribution in [0.1, 0.15) is 86.7 Å². The van der Waals surface area contributed by atoms with Crippen LogP contribution >= 0.6 is 0 Å². The largest absolute Gasteiger partial charge is 0.457 e. The van der Waals surface area contributed by atoms with Crippen molar-refractivity contribution in [2.24, 2.45) is 0 Å². The van der Waals surface area contributed by atoms with Gasteiger partial charge in [-0.3, -0.25) is 4.79 Å². The molecule has 61 heavy (non-hydrogen) atoms. The van der Waals surface area contributed by atoms with Crippen LogP contribution in [0.15, 0.2) is 60.7 Å². The molecule has 5 rings (SSSR count). The lowest BCUT2D eigenvalue weighted by Crippen LogP contribution is -2.71. The zero-order valence-electron chi connectivity index (χ0n) is 39.6. The summed E-state index contributed by atoms with van der Waals surface area (Å²) in [7, 11) is -7.86. The highest BCUT2D eigenvalue weighted by atomic mass is 28.4. The van der Waals surface area contributed by atoms with Crippen molar-refractivity contribution in [1.29, 1.82) is 0 Å². The monoisotopic (exact) mass is 904 g/mol. The van der Waals surface area contributed by atoms with E-state index in [9.17, 15) is 15.0 Å². The van der Waals surface area contributed by atoms with Gasteiger partial charge in [-0.2, -0.15) is 0 Å². The van der Waals surface area contributed by atoms with Gasteiger partial charge >= 0.3 is 5.97 Å². The van der Waals surface area contributed by atoms with Gasteiger partial charge in [-0.1, -0.05) is 123 Å². The van der Waals surface area contributed by atoms with E-state index in [0.29, 0.717) is 0 Å². The van der Waals surface area contributed by atoms with Crippen molar-refractivity contribution in [3.63, 3.8) is 0 Å². The van der Waals surface area contributed by atoms with E-state index in [0.717, 1.165) is 11.1 Å². The SMILES string of the molecule is CC(=O)O[C@@H]1[C@H](O)[C@H](O)[C@@H](O[C@@H]2O[C@@H]3CO[C@@H](c4ccccc4)O[C@H]3[C@H](O[Si](C)(C)C(C)(C)C)[C@H]2O[Si](C)(C)C(C)(C)C)[C@H](OCc2ccccc2)[C@H]1O[Si](C)(C)C(C)(C)C. The molecule has 3 aliphatic rings. The first-order chi connectivity index (χ1) is 28.0. The summed E-state index contributed by atoms with van der Waals surface area (Å²) in [5.74, 6) is -0.623. The predicted molar refractivity (Wildman–Crippen MR) is 242 cm³/mol. The first-order valence-corrected chi connectivity index (χ1v) is 30.6. The fourth-order valence-electron chi connectivity index (χ4n) is 7.13. The fraction of sp³-hybridized carbons (Fsp3) is 0.717. The maximum Gasteiger partial charge on any atom is 0.303 e. The molecule has 2 N–H and O–H groups in total. The molecule has 0 spiro atoms. The van der Waals surface area contributed by atoms with Crippen molar-refractivity contribution in [2.75, 3.05) is 6.61 Å². The Morgan fingerprint density at radius 2 is 1.11 bits per heavy atom. The molecule has 2 saturated heterocycles. The van der Waals surface area contributed by atoms with E-state index in [-0.39, 0.29) is 28.3 Å². The summed E-state index contributed by atoms with van der Waals surface area (Å²) in [6, 6.07) is 19.5. The average Bonchev–Trinajstić information content (AvgIpc) is 3.15. The Labute approximate surface area is 368 Å². The second-order valence-corrected chi connectivity index (χ2v) is 35.9. The zero-order valence-corrected chi connectivity index (χ0v) is 42.6. The van der Waals surface area contributed by atoms with Gasteiger partial charge in [0.05, 0.1) is 13.2 Å². The maximum atomic E-state index is 12.7. The summed E-state index contributed by atoms with van der Waals surface area (Å²) < 4.78 is 61.8. The minimum Gasteiger partial charge on any atom is -0.457 e. The molecular formula is C46H76O12Si3. The summed E-state index contributed by atoms with van der Waals surface area (Å²) >= 11 is 0.